The molecule has 27 heavy (non-hydrogen) atoms. The van der Waals surface area contributed by atoms with Gasteiger partial charge in [0, 0.05) is 11.1 Å². The summed E-state index contributed by atoms with van der Waals surface area (Å²) in [6.07, 6.45) is 1.66. The lowest BCUT2D eigenvalue weighted by Crippen LogP contribution is -2.05. The number of hydrogen-bond acceptors (Lipinski definition) is 5. The maximum atomic E-state index is 12.3. The Morgan fingerprint density at radius 2 is 1.78 bits per heavy atom. The van der Waals surface area contributed by atoms with Crippen LogP contribution in [0.4, 0.5) is 11.4 Å². The molecule has 0 aliphatic rings. The van der Waals surface area contributed by atoms with E-state index >= 15 is 0 Å². The Labute approximate surface area is 160 Å². The van der Waals surface area contributed by atoms with E-state index in [9.17, 15) is 15.2 Å². The molecule has 0 spiro atoms. The van der Waals surface area contributed by atoms with Crippen LogP contribution in [0.25, 0.3) is 0 Å². The number of para-hydroxylation sites is 1. The van der Waals surface area contributed by atoms with Gasteiger partial charge in [-0.1, -0.05) is 48.0 Å². The Bertz CT molecular complexity index is 991. The fourth-order valence-electron chi connectivity index (χ4n) is 2.58. The summed E-state index contributed by atoms with van der Waals surface area (Å²) in [5.41, 5.74) is 4.60. The molecule has 0 aromatic heterocycles. The molecular formula is C20H15ClN3O3-. The minimum Gasteiger partial charge on any atom is -0.867 e. The van der Waals surface area contributed by atoms with Crippen LogP contribution >= 0.6 is 11.6 Å². The van der Waals surface area contributed by atoms with Gasteiger partial charge in [-0.3, -0.25) is 15.5 Å². The van der Waals surface area contributed by atoms with Crippen molar-refractivity contribution in [3.63, 3.8) is 0 Å². The predicted molar refractivity (Wildman–Crippen MR) is 104 cm³/mol. The Morgan fingerprint density at radius 3 is 2.48 bits per heavy atom. The lowest BCUT2D eigenvalue weighted by molar-refractivity contribution is -0.398. The van der Waals surface area contributed by atoms with Crippen LogP contribution in [0.5, 0.6) is 5.75 Å². The zero-order valence-corrected chi connectivity index (χ0v) is 14.9. The number of hydrogen-bond donors (Lipinski definition) is 1. The van der Waals surface area contributed by atoms with E-state index in [1.807, 2.05) is 48.5 Å². The van der Waals surface area contributed by atoms with Crippen LogP contribution in [-0.4, -0.2) is 11.1 Å². The van der Waals surface area contributed by atoms with E-state index in [2.05, 4.69) is 10.5 Å². The Balaban J connectivity index is 1.91. The van der Waals surface area contributed by atoms with Gasteiger partial charge in [0.15, 0.2) is 0 Å². The second-order valence-electron chi connectivity index (χ2n) is 5.79. The van der Waals surface area contributed by atoms with Crippen molar-refractivity contribution >= 4 is 29.2 Å². The number of nitrogens with zero attached hydrogens (tertiary/aromatic N) is 2. The summed E-state index contributed by atoms with van der Waals surface area (Å²) in [7, 11) is 0. The fourth-order valence-corrected chi connectivity index (χ4v) is 2.78. The van der Waals surface area contributed by atoms with E-state index in [1.165, 1.54) is 12.3 Å². The van der Waals surface area contributed by atoms with Crippen molar-refractivity contribution < 1.29 is 10.0 Å². The van der Waals surface area contributed by atoms with Gasteiger partial charge in [0.1, 0.15) is 0 Å². The van der Waals surface area contributed by atoms with Crippen molar-refractivity contribution in [3.8, 4) is 5.75 Å². The fraction of sp³-hybridized carbons (Fsp3) is 0.0500. The van der Waals surface area contributed by atoms with E-state index in [0.29, 0.717) is 17.0 Å². The number of hydrazone groups is 1. The average molecular weight is 381 g/mol. The summed E-state index contributed by atoms with van der Waals surface area (Å²) in [6.45, 7) is 0. The maximum Gasteiger partial charge on any atom is 0.262 e. The second-order valence-corrected chi connectivity index (χ2v) is 6.20. The topological polar surface area (TPSA) is 90.6 Å². The maximum absolute atomic E-state index is 12.3. The molecule has 7 heteroatoms. The van der Waals surface area contributed by atoms with E-state index in [-0.39, 0.29) is 5.56 Å². The molecule has 0 saturated heterocycles. The van der Waals surface area contributed by atoms with Gasteiger partial charge < -0.3 is 5.11 Å². The SMILES string of the molecule is O=[N+]([O-])c1cc(Cc2ccccc2Cl)cc(/C=N\Nc2ccccc2)c1[O-]. The van der Waals surface area contributed by atoms with Gasteiger partial charge in [-0.25, -0.2) is 0 Å². The van der Waals surface area contributed by atoms with E-state index in [1.54, 1.807) is 12.1 Å². The molecule has 3 rings (SSSR count). The Hall–Kier alpha value is -3.38. The molecule has 0 unspecified atom stereocenters. The molecule has 136 valence electrons. The molecule has 0 amide bonds. The van der Waals surface area contributed by atoms with Crippen molar-refractivity contribution in [2.24, 2.45) is 5.10 Å². The highest BCUT2D eigenvalue weighted by molar-refractivity contribution is 6.31. The highest BCUT2D eigenvalue weighted by atomic mass is 35.5. The molecule has 6 nitrogen and oxygen atoms in total. The highest BCUT2D eigenvalue weighted by Gasteiger charge is 2.13. The molecule has 0 bridgehead atoms. The van der Waals surface area contributed by atoms with Crippen molar-refractivity contribution in [3.05, 3.63) is 98.6 Å². The van der Waals surface area contributed by atoms with Crippen LogP contribution < -0.4 is 10.5 Å². The molecule has 0 saturated carbocycles. The molecule has 0 heterocycles. The summed E-state index contributed by atoms with van der Waals surface area (Å²) in [5, 5.41) is 28.2. The summed E-state index contributed by atoms with van der Waals surface area (Å²) in [4.78, 5) is 10.6. The smallest absolute Gasteiger partial charge is 0.262 e. The monoisotopic (exact) mass is 380 g/mol. The van der Waals surface area contributed by atoms with Crippen LogP contribution in [0.3, 0.4) is 0 Å². The zero-order chi connectivity index (χ0) is 19.2. The lowest BCUT2D eigenvalue weighted by atomic mass is 10.0. The van der Waals surface area contributed by atoms with Crippen molar-refractivity contribution in [1.29, 1.82) is 0 Å². The summed E-state index contributed by atoms with van der Waals surface area (Å²) >= 11 is 6.17. The minimum absolute atomic E-state index is 0.134. The molecule has 0 atom stereocenters. The highest BCUT2D eigenvalue weighted by Crippen LogP contribution is 2.30. The number of rotatable bonds is 6. The molecule has 0 radical (unpaired) electrons. The molecule has 3 aromatic rings. The molecule has 0 fully saturated rings. The summed E-state index contributed by atoms with van der Waals surface area (Å²) < 4.78 is 0. The van der Waals surface area contributed by atoms with Crippen LogP contribution in [0, 0.1) is 10.1 Å². The molecule has 0 aliphatic heterocycles. The predicted octanol–water partition coefficient (Wildman–Crippen LogP) is 4.36. The first-order chi connectivity index (χ1) is 13.0. The van der Waals surface area contributed by atoms with Crippen LogP contribution in [0.2, 0.25) is 5.02 Å². The van der Waals surface area contributed by atoms with Gasteiger partial charge in [-0.15, -0.1) is 0 Å². The van der Waals surface area contributed by atoms with Gasteiger partial charge in [-0.2, -0.15) is 5.10 Å². The first-order valence-electron chi connectivity index (χ1n) is 8.10. The Morgan fingerprint density at radius 1 is 1.07 bits per heavy atom. The van der Waals surface area contributed by atoms with Crippen molar-refractivity contribution in [2.75, 3.05) is 5.43 Å². The van der Waals surface area contributed by atoms with Crippen LogP contribution in [0.1, 0.15) is 16.7 Å². The average Bonchev–Trinajstić information content (AvgIpc) is 2.66. The van der Waals surface area contributed by atoms with Gasteiger partial charge in [0.2, 0.25) is 0 Å². The standard InChI is InChI=1S/C20H16ClN3O3/c21-18-9-5-4-6-15(18)10-14-11-16(20(25)19(12-14)24(26)27)13-22-23-17-7-2-1-3-8-17/h1-9,11-13,23,25H,10H2/p-1/b22-13-. The number of nitrogens with one attached hydrogen (secondary N) is 1. The third kappa shape index (κ3) is 4.62. The third-order valence-corrected chi connectivity index (χ3v) is 4.25. The molecule has 1 N–H and O–H groups in total. The van der Waals surface area contributed by atoms with Crippen LogP contribution in [-0.2, 0) is 6.42 Å². The molecular weight excluding hydrogens is 366 g/mol. The lowest BCUT2D eigenvalue weighted by Gasteiger charge is -2.13. The third-order valence-electron chi connectivity index (χ3n) is 3.88. The van der Waals surface area contributed by atoms with E-state index in [0.717, 1.165) is 11.3 Å². The first-order valence-corrected chi connectivity index (χ1v) is 8.48. The van der Waals surface area contributed by atoms with Gasteiger partial charge >= 0.3 is 0 Å². The van der Waals surface area contributed by atoms with Crippen molar-refractivity contribution in [1.82, 2.24) is 0 Å². The quantitative estimate of drug-likeness (QED) is 0.391. The Kier molecular flexibility index (Phi) is 5.68. The van der Waals surface area contributed by atoms with E-state index < -0.39 is 16.4 Å². The number of halogens is 1. The normalized spacial score (nSPS) is 10.9. The number of benzene rings is 3. The van der Waals surface area contributed by atoms with Gasteiger partial charge in [0.25, 0.3) is 5.69 Å². The van der Waals surface area contributed by atoms with Gasteiger partial charge in [0.05, 0.1) is 16.8 Å². The minimum atomic E-state index is -0.680. The van der Waals surface area contributed by atoms with Gasteiger partial charge in [-0.05, 0) is 53.1 Å². The zero-order valence-electron chi connectivity index (χ0n) is 14.1. The molecule has 3 aromatic carbocycles. The number of anilines is 1. The van der Waals surface area contributed by atoms with Crippen molar-refractivity contribution in [2.45, 2.75) is 6.42 Å². The largest absolute Gasteiger partial charge is 0.867 e. The molecule has 0 aliphatic carbocycles. The number of nitro groups is 1. The van der Waals surface area contributed by atoms with Crippen LogP contribution in [0.15, 0.2) is 71.8 Å². The summed E-state index contributed by atoms with van der Waals surface area (Å²) in [5.74, 6) is -0.679. The second kappa shape index (κ2) is 8.33. The number of nitro benzene ring substituents is 1. The summed E-state index contributed by atoms with van der Waals surface area (Å²) in [6, 6.07) is 19.3. The first kappa shape index (κ1) is 18.4. The van der Waals surface area contributed by atoms with E-state index in [4.69, 9.17) is 11.6 Å².